The van der Waals surface area contributed by atoms with Crippen LogP contribution < -0.4 is 0 Å². The van der Waals surface area contributed by atoms with Gasteiger partial charge in [-0.15, -0.1) is 0 Å². The summed E-state index contributed by atoms with van der Waals surface area (Å²) in [6, 6.07) is 14.1. The topological polar surface area (TPSA) is 13.1 Å². The fourth-order valence-electron chi connectivity index (χ4n) is 1.92. The molecule has 1 aromatic heterocycles. The number of benzene rings is 2. The van der Waals surface area contributed by atoms with Crippen LogP contribution in [0.1, 0.15) is 0 Å². The van der Waals surface area contributed by atoms with Crippen LogP contribution in [0.25, 0.3) is 22.6 Å². The molecule has 0 atom stereocenters. The third-order valence-electron chi connectivity index (χ3n) is 2.92. The second kappa shape index (κ2) is 5.36. The minimum absolute atomic E-state index is 0.283. The van der Waals surface area contributed by atoms with E-state index in [-0.39, 0.29) is 11.6 Å². The highest BCUT2D eigenvalue weighted by atomic mass is 127. The van der Waals surface area contributed by atoms with Gasteiger partial charge >= 0.3 is 0 Å². The molecule has 0 aliphatic rings. The molecule has 0 aliphatic heterocycles. The normalized spacial score (nSPS) is 10.8. The lowest BCUT2D eigenvalue weighted by molar-refractivity contribution is 0.594. The van der Waals surface area contributed by atoms with Crippen molar-refractivity contribution in [2.24, 2.45) is 0 Å². The molecule has 100 valence electrons. The van der Waals surface area contributed by atoms with Gasteiger partial charge in [0.2, 0.25) is 0 Å². The molecular weight excluding hydrogens is 373 g/mol. The molecule has 3 aromatic rings. The second-order valence-electron chi connectivity index (χ2n) is 4.30. The summed E-state index contributed by atoms with van der Waals surface area (Å²) in [7, 11) is 0. The Morgan fingerprint density at radius 3 is 1.80 bits per heavy atom. The number of furan rings is 1. The van der Waals surface area contributed by atoms with Crippen LogP contribution in [0, 0.1) is 15.2 Å². The van der Waals surface area contributed by atoms with Gasteiger partial charge in [0.25, 0.3) is 0 Å². The Morgan fingerprint density at radius 2 is 1.25 bits per heavy atom. The van der Waals surface area contributed by atoms with Gasteiger partial charge in [0.15, 0.2) is 0 Å². The van der Waals surface area contributed by atoms with Gasteiger partial charge in [-0.3, -0.25) is 0 Å². The van der Waals surface area contributed by atoms with E-state index in [1.807, 2.05) is 6.07 Å². The van der Waals surface area contributed by atoms with E-state index < -0.39 is 0 Å². The van der Waals surface area contributed by atoms with Crippen molar-refractivity contribution in [2.75, 3.05) is 0 Å². The fourth-order valence-corrected chi connectivity index (χ4v) is 2.63. The minimum atomic E-state index is -0.284. The van der Waals surface area contributed by atoms with Crippen LogP contribution in [-0.4, -0.2) is 0 Å². The zero-order valence-corrected chi connectivity index (χ0v) is 12.4. The lowest BCUT2D eigenvalue weighted by atomic mass is 10.1. The molecule has 3 rings (SSSR count). The molecule has 0 saturated carbocycles. The first-order chi connectivity index (χ1) is 9.63. The van der Waals surface area contributed by atoms with Gasteiger partial charge in [-0.25, -0.2) is 8.78 Å². The Morgan fingerprint density at radius 1 is 0.750 bits per heavy atom. The Kier molecular flexibility index (Phi) is 3.56. The van der Waals surface area contributed by atoms with Crippen LogP contribution in [0.15, 0.2) is 59.0 Å². The molecule has 0 unspecified atom stereocenters. The minimum Gasteiger partial charge on any atom is -0.455 e. The average Bonchev–Trinajstić information content (AvgIpc) is 2.82. The molecule has 0 radical (unpaired) electrons. The standard InChI is InChI=1S/C16H9F2IO/c17-12-5-1-10(2-6-12)15-9-14(19)16(20-15)11-3-7-13(18)8-4-11/h1-9H. The van der Waals surface area contributed by atoms with E-state index in [9.17, 15) is 8.78 Å². The number of hydrogen-bond acceptors (Lipinski definition) is 1. The Bertz CT molecular complexity index is 730. The van der Waals surface area contributed by atoms with Crippen LogP contribution in [-0.2, 0) is 0 Å². The molecule has 4 heteroatoms. The molecule has 0 fully saturated rings. The zero-order valence-electron chi connectivity index (χ0n) is 10.2. The second-order valence-corrected chi connectivity index (χ2v) is 5.46. The van der Waals surface area contributed by atoms with Gasteiger partial charge in [0.05, 0.1) is 3.57 Å². The first-order valence-electron chi connectivity index (χ1n) is 5.95. The third-order valence-corrected chi connectivity index (χ3v) is 3.72. The van der Waals surface area contributed by atoms with Crippen molar-refractivity contribution in [3.63, 3.8) is 0 Å². The Balaban J connectivity index is 2.02. The smallest absolute Gasteiger partial charge is 0.148 e. The lowest BCUT2D eigenvalue weighted by Gasteiger charge is -1.99. The number of rotatable bonds is 2. The Labute approximate surface area is 128 Å². The van der Waals surface area contributed by atoms with E-state index >= 15 is 0 Å². The molecule has 0 amide bonds. The maximum atomic E-state index is 12.9. The van der Waals surface area contributed by atoms with Gasteiger partial charge in [0, 0.05) is 11.1 Å². The molecule has 1 heterocycles. The first kappa shape index (κ1) is 13.3. The number of hydrogen-bond donors (Lipinski definition) is 0. The predicted octanol–water partition coefficient (Wildman–Crippen LogP) is 5.50. The maximum absolute atomic E-state index is 12.9. The SMILES string of the molecule is Fc1ccc(-c2cc(I)c(-c3ccc(F)cc3)o2)cc1. The highest BCUT2D eigenvalue weighted by molar-refractivity contribution is 14.1. The van der Waals surface area contributed by atoms with E-state index in [1.165, 1.54) is 24.3 Å². The van der Waals surface area contributed by atoms with Crippen molar-refractivity contribution in [3.05, 3.63) is 69.8 Å². The molecule has 2 aromatic carbocycles. The molecular formula is C16H9F2IO. The van der Waals surface area contributed by atoms with Crippen LogP contribution in [0.4, 0.5) is 8.78 Å². The zero-order chi connectivity index (χ0) is 14.1. The van der Waals surface area contributed by atoms with Gasteiger partial charge in [-0.1, -0.05) is 0 Å². The van der Waals surface area contributed by atoms with Crippen LogP contribution in [0.2, 0.25) is 0 Å². The summed E-state index contributed by atoms with van der Waals surface area (Å²) in [5.74, 6) is 0.779. The third kappa shape index (κ3) is 2.60. The summed E-state index contributed by atoms with van der Waals surface area (Å²) >= 11 is 2.17. The van der Waals surface area contributed by atoms with Gasteiger partial charge < -0.3 is 4.42 Å². The molecule has 0 aliphatic carbocycles. The van der Waals surface area contributed by atoms with Crippen LogP contribution in [0.3, 0.4) is 0 Å². The Hall–Kier alpha value is -1.69. The molecule has 0 saturated heterocycles. The molecule has 0 bridgehead atoms. The average molecular weight is 382 g/mol. The summed E-state index contributed by atoms with van der Waals surface area (Å²) in [4.78, 5) is 0. The summed E-state index contributed by atoms with van der Waals surface area (Å²) in [6.07, 6.45) is 0. The monoisotopic (exact) mass is 382 g/mol. The largest absolute Gasteiger partial charge is 0.455 e. The predicted molar refractivity (Wildman–Crippen MR) is 82.2 cm³/mol. The van der Waals surface area contributed by atoms with E-state index in [4.69, 9.17) is 4.42 Å². The van der Waals surface area contributed by atoms with E-state index in [0.29, 0.717) is 11.5 Å². The van der Waals surface area contributed by atoms with E-state index in [1.54, 1.807) is 24.3 Å². The van der Waals surface area contributed by atoms with Crippen molar-refractivity contribution in [3.8, 4) is 22.6 Å². The van der Waals surface area contributed by atoms with Gasteiger partial charge in [-0.2, -0.15) is 0 Å². The van der Waals surface area contributed by atoms with Gasteiger partial charge in [-0.05, 0) is 77.2 Å². The van der Waals surface area contributed by atoms with Crippen molar-refractivity contribution in [1.82, 2.24) is 0 Å². The van der Waals surface area contributed by atoms with Crippen molar-refractivity contribution in [1.29, 1.82) is 0 Å². The molecule has 0 spiro atoms. The molecule has 0 N–H and O–H groups in total. The fraction of sp³-hybridized carbons (Fsp3) is 0. The van der Waals surface area contributed by atoms with Gasteiger partial charge in [0.1, 0.15) is 23.2 Å². The first-order valence-corrected chi connectivity index (χ1v) is 7.02. The molecule has 20 heavy (non-hydrogen) atoms. The summed E-state index contributed by atoms with van der Waals surface area (Å²) < 4.78 is 32.6. The summed E-state index contributed by atoms with van der Waals surface area (Å²) in [5.41, 5.74) is 1.61. The maximum Gasteiger partial charge on any atom is 0.148 e. The van der Waals surface area contributed by atoms with E-state index in [0.717, 1.165) is 14.7 Å². The quantitative estimate of drug-likeness (QED) is 0.534. The highest BCUT2D eigenvalue weighted by Crippen LogP contribution is 2.33. The highest BCUT2D eigenvalue weighted by Gasteiger charge is 2.12. The van der Waals surface area contributed by atoms with Crippen molar-refractivity contribution >= 4 is 22.6 Å². The summed E-state index contributed by atoms with van der Waals surface area (Å²) in [5, 5.41) is 0. The van der Waals surface area contributed by atoms with Crippen molar-refractivity contribution in [2.45, 2.75) is 0 Å². The number of halogens is 3. The van der Waals surface area contributed by atoms with Crippen LogP contribution in [0.5, 0.6) is 0 Å². The van der Waals surface area contributed by atoms with Crippen LogP contribution >= 0.6 is 22.6 Å². The van der Waals surface area contributed by atoms with Crippen molar-refractivity contribution < 1.29 is 13.2 Å². The molecule has 1 nitrogen and oxygen atoms in total. The lowest BCUT2D eigenvalue weighted by Crippen LogP contribution is -1.78. The van der Waals surface area contributed by atoms with E-state index in [2.05, 4.69) is 22.6 Å². The summed E-state index contributed by atoms with van der Waals surface area (Å²) in [6.45, 7) is 0.